The van der Waals surface area contributed by atoms with Crippen molar-refractivity contribution in [1.29, 1.82) is 0 Å². The Hall–Kier alpha value is -3.00. The largest absolute Gasteiger partial charge is 0.476 e. The Labute approximate surface area is 142 Å². The smallest absolute Gasteiger partial charge is 0.275 e. The lowest BCUT2D eigenvalue weighted by atomic mass is 10.00. The van der Waals surface area contributed by atoms with E-state index >= 15 is 0 Å². The van der Waals surface area contributed by atoms with Crippen LogP contribution in [0.3, 0.4) is 0 Å². The summed E-state index contributed by atoms with van der Waals surface area (Å²) in [6.07, 6.45) is 0. The molecule has 0 spiro atoms. The van der Waals surface area contributed by atoms with Gasteiger partial charge in [-0.05, 0) is 38.1 Å². The number of carbonyl (C=O) groups is 1. The topological polar surface area (TPSA) is 92.9 Å². The third-order valence-electron chi connectivity index (χ3n) is 3.91. The molecule has 0 saturated carbocycles. The van der Waals surface area contributed by atoms with Crippen LogP contribution in [0.5, 0.6) is 5.75 Å². The van der Waals surface area contributed by atoms with E-state index in [0.717, 1.165) is 0 Å². The van der Waals surface area contributed by atoms with E-state index in [0.29, 0.717) is 5.69 Å². The number of carbonyl (C=O) groups excluding carboxylic acids is 1. The first-order valence-corrected chi connectivity index (χ1v) is 7.46. The summed E-state index contributed by atoms with van der Waals surface area (Å²) in [4.78, 5) is 24.7. The third-order valence-corrected chi connectivity index (χ3v) is 3.91. The number of nitro benzene ring substituents is 1. The third kappa shape index (κ3) is 2.80. The highest BCUT2D eigenvalue weighted by molar-refractivity contribution is 6.08. The predicted octanol–water partition coefficient (Wildman–Crippen LogP) is 3.06. The van der Waals surface area contributed by atoms with Gasteiger partial charge in [-0.15, -0.1) is 0 Å². The molecule has 0 unspecified atom stereocenters. The molecule has 0 saturated heterocycles. The van der Waals surface area contributed by atoms with Crippen LogP contribution in [0.1, 0.15) is 19.4 Å². The van der Waals surface area contributed by atoms with Crippen LogP contribution in [0.4, 0.5) is 21.5 Å². The van der Waals surface area contributed by atoms with Crippen molar-refractivity contribution < 1.29 is 24.0 Å². The monoisotopic (exact) mass is 346 g/mol. The van der Waals surface area contributed by atoms with E-state index in [1.54, 1.807) is 0 Å². The molecule has 1 aliphatic rings. The highest BCUT2D eigenvalue weighted by atomic mass is 19.1. The van der Waals surface area contributed by atoms with E-state index in [1.165, 1.54) is 55.1 Å². The zero-order chi connectivity index (χ0) is 18.4. The minimum atomic E-state index is -1.29. The summed E-state index contributed by atoms with van der Waals surface area (Å²) in [6.45, 7) is 2.54. The maximum atomic E-state index is 13.2. The highest BCUT2D eigenvalue weighted by Crippen LogP contribution is 2.46. The van der Waals surface area contributed by atoms with Crippen molar-refractivity contribution in [3.8, 4) is 5.75 Å². The van der Waals surface area contributed by atoms with Crippen molar-refractivity contribution in [3.63, 3.8) is 0 Å². The van der Waals surface area contributed by atoms with Crippen LogP contribution in [0.2, 0.25) is 0 Å². The van der Waals surface area contributed by atoms with E-state index in [2.05, 4.69) is 0 Å². The maximum Gasteiger partial charge on any atom is 0.275 e. The zero-order valence-corrected chi connectivity index (χ0v) is 13.5. The molecule has 1 amide bonds. The Morgan fingerprint density at radius 3 is 2.48 bits per heavy atom. The number of hydrogen-bond donors (Lipinski definition) is 1. The van der Waals surface area contributed by atoms with Crippen LogP contribution >= 0.6 is 0 Å². The van der Waals surface area contributed by atoms with Crippen LogP contribution in [0.15, 0.2) is 36.4 Å². The first-order valence-electron chi connectivity index (χ1n) is 7.46. The number of halogens is 1. The molecule has 2 aromatic carbocycles. The summed E-state index contributed by atoms with van der Waals surface area (Å²) < 4.78 is 18.9. The number of nitrogens with zero attached hydrogens (tertiary/aromatic N) is 2. The van der Waals surface area contributed by atoms with Gasteiger partial charge in [-0.3, -0.25) is 19.8 Å². The van der Waals surface area contributed by atoms with Crippen LogP contribution in [0.25, 0.3) is 0 Å². The molecule has 0 aliphatic carbocycles. The maximum absolute atomic E-state index is 13.2. The zero-order valence-electron chi connectivity index (χ0n) is 13.5. The van der Waals surface area contributed by atoms with E-state index < -0.39 is 28.9 Å². The van der Waals surface area contributed by atoms with E-state index in [9.17, 15) is 24.4 Å². The molecular weight excluding hydrogens is 331 g/mol. The molecule has 3 rings (SSSR count). The quantitative estimate of drug-likeness (QED) is 0.681. The summed E-state index contributed by atoms with van der Waals surface area (Å²) in [7, 11) is 0. The molecular formula is C17H15FN2O5. The number of fused-ring (bicyclic) bond motifs is 1. The fourth-order valence-electron chi connectivity index (χ4n) is 2.73. The van der Waals surface area contributed by atoms with Gasteiger partial charge < -0.3 is 9.84 Å². The molecule has 0 aromatic heterocycles. The second-order valence-corrected chi connectivity index (χ2v) is 6.10. The Kier molecular flexibility index (Phi) is 3.92. The molecule has 0 bridgehead atoms. The summed E-state index contributed by atoms with van der Waals surface area (Å²) in [5.74, 6) is -0.794. The molecule has 25 heavy (non-hydrogen) atoms. The number of non-ortho nitro benzene ring substituents is 1. The number of ether oxygens (including phenoxy) is 1. The summed E-state index contributed by atoms with van der Waals surface area (Å²) >= 11 is 0. The Bertz CT molecular complexity index is 864. The van der Waals surface area contributed by atoms with Crippen LogP contribution in [0, 0.1) is 15.9 Å². The molecule has 1 heterocycles. The van der Waals surface area contributed by atoms with Gasteiger partial charge in [-0.2, -0.15) is 0 Å². The van der Waals surface area contributed by atoms with E-state index in [4.69, 9.17) is 4.74 Å². The van der Waals surface area contributed by atoms with Gasteiger partial charge in [0.1, 0.15) is 5.82 Å². The minimum absolute atomic E-state index is 0.104. The van der Waals surface area contributed by atoms with E-state index in [-0.39, 0.29) is 22.7 Å². The summed E-state index contributed by atoms with van der Waals surface area (Å²) in [5.41, 5.74) is -0.801. The number of rotatable bonds is 3. The number of nitro groups is 1. The lowest BCUT2D eigenvalue weighted by molar-refractivity contribution is -0.385. The van der Waals surface area contributed by atoms with Gasteiger partial charge in [0.2, 0.25) is 0 Å². The summed E-state index contributed by atoms with van der Waals surface area (Å²) in [5, 5.41) is 20.8. The van der Waals surface area contributed by atoms with E-state index in [1.807, 2.05) is 0 Å². The van der Waals surface area contributed by atoms with Gasteiger partial charge in [-0.25, -0.2) is 4.39 Å². The average Bonchev–Trinajstić information content (AvgIpc) is 2.56. The fourth-order valence-corrected chi connectivity index (χ4v) is 2.73. The molecule has 130 valence electrons. The van der Waals surface area contributed by atoms with Crippen molar-refractivity contribution in [2.24, 2.45) is 0 Å². The molecule has 7 nitrogen and oxygen atoms in total. The number of hydrogen-bond acceptors (Lipinski definition) is 5. The molecule has 8 heteroatoms. The molecule has 0 radical (unpaired) electrons. The lowest BCUT2D eigenvalue weighted by Gasteiger charge is -2.39. The van der Waals surface area contributed by atoms with Crippen molar-refractivity contribution in [2.75, 3.05) is 4.90 Å². The Morgan fingerprint density at radius 2 is 1.92 bits per heavy atom. The van der Waals surface area contributed by atoms with Gasteiger partial charge in [0, 0.05) is 17.3 Å². The van der Waals surface area contributed by atoms with Crippen LogP contribution < -0.4 is 9.64 Å². The SMILES string of the molecule is CC1(C)Oc2cc([N+](=O)[O-])cc(CO)c2N(c2ccc(F)cc2)C1=O. The van der Waals surface area contributed by atoms with Gasteiger partial charge in [0.25, 0.3) is 11.6 Å². The molecule has 1 N–H and O–H groups in total. The lowest BCUT2D eigenvalue weighted by Crippen LogP contribution is -2.50. The first-order chi connectivity index (χ1) is 11.7. The molecule has 0 fully saturated rings. The second-order valence-electron chi connectivity index (χ2n) is 6.10. The van der Waals surface area contributed by atoms with Crippen LogP contribution in [-0.2, 0) is 11.4 Å². The standard InChI is InChI=1S/C17H15FN2O5/c1-17(2)16(22)19(12-5-3-11(18)4-6-12)15-10(9-21)7-13(20(23)24)8-14(15)25-17/h3-8,21H,9H2,1-2H3. The first kappa shape index (κ1) is 16.8. The predicted molar refractivity (Wildman–Crippen MR) is 87.3 cm³/mol. The van der Waals surface area contributed by atoms with Crippen molar-refractivity contribution in [1.82, 2.24) is 0 Å². The minimum Gasteiger partial charge on any atom is -0.476 e. The van der Waals surface area contributed by atoms with Crippen molar-refractivity contribution >= 4 is 23.0 Å². The molecule has 0 atom stereocenters. The highest BCUT2D eigenvalue weighted by Gasteiger charge is 2.43. The number of anilines is 2. The van der Waals surface area contributed by atoms with Gasteiger partial charge >= 0.3 is 0 Å². The second kappa shape index (κ2) is 5.82. The number of benzene rings is 2. The van der Waals surface area contributed by atoms with Gasteiger partial charge in [0.15, 0.2) is 11.4 Å². The van der Waals surface area contributed by atoms with Crippen LogP contribution in [-0.4, -0.2) is 21.5 Å². The average molecular weight is 346 g/mol. The molecule has 2 aromatic rings. The van der Waals surface area contributed by atoms with Gasteiger partial charge in [0.05, 0.1) is 23.3 Å². The Morgan fingerprint density at radius 1 is 1.28 bits per heavy atom. The molecule has 1 aliphatic heterocycles. The fraction of sp³-hybridized carbons (Fsp3) is 0.235. The number of aliphatic hydroxyl groups is 1. The van der Waals surface area contributed by atoms with Crippen molar-refractivity contribution in [3.05, 3.63) is 57.9 Å². The van der Waals surface area contributed by atoms with Gasteiger partial charge in [-0.1, -0.05) is 0 Å². The number of amides is 1. The number of aliphatic hydroxyl groups excluding tert-OH is 1. The summed E-state index contributed by atoms with van der Waals surface area (Å²) in [6, 6.07) is 7.63. The Balaban J connectivity index is 2.28. The van der Waals surface area contributed by atoms with Crippen molar-refractivity contribution in [2.45, 2.75) is 26.1 Å². The normalized spacial score (nSPS) is 15.5.